The maximum Gasteiger partial charge on any atom is 0.0501 e. The van der Waals surface area contributed by atoms with Gasteiger partial charge in [-0.2, -0.15) is 0 Å². The highest BCUT2D eigenvalue weighted by Crippen LogP contribution is 2.18. The van der Waals surface area contributed by atoms with Gasteiger partial charge in [-0.05, 0) is 42.6 Å². The summed E-state index contributed by atoms with van der Waals surface area (Å²) in [6.45, 7) is 3.29. The molecule has 104 valence electrons. The summed E-state index contributed by atoms with van der Waals surface area (Å²) in [6.07, 6.45) is 5.18. The van der Waals surface area contributed by atoms with Crippen molar-refractivity contribution in [3.63, 3.8) is 0 Å². The van der Waals surface area contributed by atoms with Crippen molar-refractivity contribution in [2.24, 2.45) is 0 Å². The summed E-state index contributed by atoms with van der Waals surface area (Å²) in [7, 11) is 0. The molecule has 0 atom stereocenters. The van der Waals surface area contributed by atoms with Crippen LogP contribution in [0.4, 0.5) is 5.69 Å². The van der Waals surface area contributed by atoms with Crippen LogP contribution in [0.15, 0.2) is 42.6 Å². The second-order valence-corrected chi connectivity index (χ2v) is 5.48. The van der Waals surface area contributed by atoms with Gasteiger partial charge in [-0.3, -0.25) is 9.88 Å². The highest BCUT2D eigenvalue weighted by atomic mass is 15.1. The molecule has 1 aliphatic heterocycles. The summed E-state index contributed by atoms with van der Waals surface area (Å²) < 4.78 is 0. The van der Waals surface area contributed by atoms with E-state index < -0.39 is 0 Å². The molecule has 0 bridgehead atoms. The van der Waals surface area contributed by atoms with E-state index in [4.69, 9.17) is 5.73 Å². The van der Waals surface area contributed by atoms with Crippen molar-refractivity contribution in [1.29, 1.82) is 0 Å². The highest BCUT2D eigenvalue weighted by molar-refractivity contribution is 5.34. The van der Waals surface area contributed by atoms with E-state index in [9.17, 15) is 0 Å². The Morgan fingerprint density at radius 2 is 1.95 bits per heavy atom. The Kier molecular flexibility index (Phi) is 3.97. The van der Waals surface area contributed by atoms with Gasteiger partial charge in [-0.15, -0.1) is 0 Å². The van der Waals surface area contributed by atoms with Crippen LogP contribution in [0.25, 0.3) is 0 Å². The van der Waals surface area contributed by atoms with Crippen LogP contribution in [0.2, 0.25) is 0 Å². The first-order valence-electron chi connectivity index (χ1n) is 7.31. The van der Waals surface area contributed by atoms with Crippen LogP contribution in [0.1, 0.15) is 23.2 Å². The van der Waals surface area contributed by atoms with E-state index in [0.29, 0.717) is 0 Å². The van der Waals surface area contributed by atoms with E-state index in [1.807, 2.05) is 12.1 Å². The van der Waals surface area contributed by atoms with Crippen LogP contribution in [0, 0.1) is 0 Å². The van der Waals surface area contributed by atoms with E-state index in [-0.39, 0.29) is 0 Å². The zero-order chi connectivity index (χ0) is 13.8. The second kappa shape index (κ2) is 6.06. The number of nitrogen functional groups attached to an aromatic ring is 1. The fourth-order valence-electron chi connectivity index (χ4n) is 2.82. The Morgan fingerprint density at radius 1 is 1.10 bits per heavy atom. The van der Waals surface area contributed by atoms with Crippen molar-refractivity contribution in [1.82, 2.24) is 9.88 Å². The molecule has 2 aromatic rings. The lowest BCUT2D eigenvalue weighted by Gasteiger charge is -2.20. The predicted molar refractivity (Wildman–Crippen MR) is 82.4 cm³/mol. The normalized spacial score (nSPS) is 15.6. The van der Waals surface area contributed by atoms with Crippen LogP contribution in [-0.4, -0.2) is 23.0 Å². The molecule has 3 heteroatoms. The van der Waals surface area contributed by atoms with Gasteiger partial charge >= 0.3 is 0 Å². The number of aryl methyl sites for hydroxylation is 1. The maximum atomic E-state index is 5.67. The molecule has 0 aliphatic carbocycles. The zero-order valence-electron chi connectivity index (χ0n) is 11.8. The van der Waals surface area contributed by atoms with Gasteiger partial charge in [0.2, 0.25) is 0 Å². The molecule has 0 fully saturated rings. The van der Waals surface area contributed by atoms with Gasteiger partial charge in [0.05, 0.1) is 11.9 Å². The average molecular weight is 267 g/mol. The first kappa shape index (κ1) is 13.1. The third-order valence-electron chi connectivity index (χ3n) is 3.96. The molecule has 2 N–H and O–H groups in total. The van der Waals surface area contributed by atoms with E-state index >= 15 is 0 Å². The molecule has 1 aliphatic rings. The van der Waals surface area contributed by atoms with Crippen molar-refractivity contribution in [3.05, 3.63) is 59.4 Å². The minimum absolute atomic E-state index is 0.734. The van der Waals surface area contributed by atoms with Gasteiger partial charge in [0.15, 0.2) is 0 Å². The molecular formula is C17H21N3. The minimum Gasteiger partial charge on any atom is -0.397 e. The maximum absolute atomic E-state index is 5.67. The quantitative estimate of drug-likeness (QED) is 0.929. The van der Waals surface area contributed by atoms with Crippen molar-refractivity contribution >= 4 is 5.69 Å². The van der Waals surface area contributed by atoms with Crippen LogP contribution in [-0.2, 0) is 19.4 Å². The lowest BCUT2D eigenvalue weighted by atomic mass is 10.0. The zero-order valence-corrected chi connectivity index (χ0v) is 11.8. The lowest BCUT2D eigenvalue weighted by Crippen LogP contribution is -2.26. The molecule has 1 aromatic carbocycles. The standard InChI is InChI=1S/C17H21N3/c18-16-7-8-17(19-12-16)9-11-20-10-3-6-14-4-1-2-5-15(14)13-20/h1-2,4-5,7-8,12H,3,6,9-11,13,18H2. The number of aromatic nitrogens is 1. The molecular weight excluding hydrogens is 246 g/mol. The Labute approximate surface area is 120 Å². The highest BCUT2D eigenvalue weighted by Gasteiger charge is 2.13. The first-order valence-corrected chi connectivity index (χ1v) is 7.31. The number of hydrogen-bond acceptors (Lipinski definition) is 3. The summed E-state index contributed by atoms with van der Waals surface area (Å²) >= 11 is 0. The van der Waals surface area contributed by atoms with Gasteiger partial charge < -0.3 is 5.73 Å². The van der Waals surface area contributed by atoms with Crippen LogP contribution in [0.5, 0.6) is 0 Å². The number of pyridine rings is 1. The van der Waals surface area contributed by atoms with E-state index in [2.05, 4.69) is 34.1 Å². The number of nitrogens with two attached hydrogens (primary N) is 1. The van der Waals surface area contributed by atoms with E-state index in [1.165, 1.54) is 30.5 Å². The average Bonchev–Trinajstić information content (AvgIpc) is 2.68. The van der Waals surface area contributed by atoms with Gasteiger partial charge in [0, 0.05) is 25.2 Å². The first-order chi connectivity index (χ1) is 9.81. The number of fused-ring (bicyclic) bond motifs is 1. The lowest BCUT2D eigenvalue weighted by molar-refractivity contribution is 0.272. The molecule has 0 radical (unpaired) electrons. The third-order valence-corrected chi connectivity index (χ3v) is 3.96. The SMILES string of the molecule is Nc1ccc(CCN2CCCc3ccccc3C2)nc1. The predicted octanol–water partition coefficient (Wildman–Crippen LogP) is 2.65. The van der Waals surface area contributed by atoms with Crippen molar-refractivity contribution in [3.8, 4) is 0 Å². The minimum atomic E-state index is 0.734. The summed E-state index contributed by atoms with van der Waals surface area (Å²) in [5, 5.41) is 0. The molecule has 0 saturated heterocycles. The Balaban J connectivity index is 1.62. The fourth-order valence-corrected chi connectivity index (χ4v) is 2.82. The van der Waals surface area contributed by atoms with Crippen molar-refractivity contribution in [2.45, 2.75) is 25.8 Å². The number of hydrogen-bond donors (Lipinski definition) is 1. The Hall–Kier alpha value is -1.87. The summed E-state index contributed by atoms with van der Waals surface area (Å²) in [4.78, 5) is 6.91. The molecule has 1 aromatic heterocycles. The second-order valence-electron chi connectivity index (χ2n) is 5.48. The smallest absolute Gasteiger partial charge is 0.0501 e. The van der Waals surface area contributed by atoms with Gasteiger partial charge in [-0.1, -0.05) is 24.3 Å². The van der Waals surface area contributed by atoms with Crippen LogP contribution >= 0.6 is 0 Å². The molecule has 0 unspecified atom stereocenters. The molecule has 0 spiro atoms. The van der Waals surface area contributed by atoms with Gasteiger partial charge in [0.1, 0.15) is 0 Å². The Morgan fingerprint density at radius 3 is 2.75 bits per heavy atom. The molecule has 0 amide bonds. The number of benzene rings is 1. The Bertz CT molecular complexity index is 563. The summed E-state index contributed by atoms with van der Waals surface area (Å²) in [6, 6.07) is 12.8. The molecule has 20 heavy (non-hydrogen) atoms. The topological polar surface area (TPSA) is 42.1 Å². The largest absolute Gasteiger partial charge is 0.397 e. The van der Waals surface area contributed by atoms with Crippen molar-refractivity contribution in [2.75, 3.05) is 18.8 Å². The van der Waals surface area contributed by atoms with E-state index in [0.717, 1.165) is 30.9 Å². The molecule has 0 saturated carbocycles. The summed E-state index contributed by atoms with van der Waals surface area (Å²) in [5.41, 5.74) is 10.5. The molecule has 3 rings (SSSR count). The fraction of sp³-hybridized carbons (Fsp3) is 0.353. The van der Waals surface area contributed by atoms with Gasteiger partial charge in [-0.25, -0.2) is 0 Å². The van der Waals surface area contributed by atoms with E-state index in [1.54, 1.807) is 6.20 Å². The third kappa shape index (κ3) is 3.17. The monoisotopic (exact) mass is 267 g/mol. The van der Waals surface area contributed by atoms with Crippen molar-refractivity contribution < 1.29 is 0 Å². The number of rotatable bonds is 3. The van der Waals surface area contributed by atoms with Crippen LogP contribution in [0.3, 0.4) is 0 Å². The van der Waals surface area contributed by atoms with Gasteiger partial charge in [0.25, 0.3) is 0 Å². The molecule has 2 heterocycles. The number of nitrogens with zero attached hydrogens (tertiary/aromatic N) is 2. The summed E-state index contributed by atoms with van der Waals surface area (Å²) in [5.74, 6) is 0. The van der Waals surface area contributed by atoms with Crippen LogP contribution < -0.4 is 5.73 Å². The number of anilines is 1. The molecule has 3 nitrogen and oxygen atoms in total.